The van der Waals surface area contributed by atoms with E-state index in [1.165, 1.54) is 11.8 Å². The minimum Gasteiger partial charge on any atom is -0.444 e. The third-order valence-corrected chi connectivity index (χ3v) is 6.20. The van der Waals surface area contributed by atoms with Crippen LogP contribution in [0.25, 0.3) is 16.6 Å². The molecule has 3 heterocycles. The fourth-order valence-corrected chi connectivity index (χ4v) is 4.15. The third-order valence-electron chi connectivity index (χ3n) is 4.89. The Bertz CT molecular complexity index is 1270. The van der Waals surface area contributed by atoms with E-state index in [0.717, 1.165) is 22.1 Å². The number of carbonyl (C=O) groups is 1. The van der Waals surface area contributed by atoms with Gasteiger partial charge in [0, 0.05) is 5.56 Å². The van der Waals surface area contributed by atoms with E-state index in [2.05, 4.69) is 21.6 Å². The van der Waals surface area contributed by atoms with Gasteiger partial charge < -0.3 is 4.42 Å². The van der Waals surface area contributed by atoms with E-state index >= 15 is 0 Å². The number of anilines is 1. The van der Waals surface area contributed by atoms with Crippen molar-refractivity contribution >= 4 is 40.1 Å². The fourth-order valence-electron chi connectivity index (χ4n) is 3.18. The summed E-state index contributed by atoms with van der Waals surface area (Å²) in [5.74, 6) is 0.579. The van der Waals surface area contributed by atoms with Gasteiger partial charge in [-0.1, -0.05) is 36.9 Å². The second kappa shape index (κ2) is 7.60. The van der Waals surface area contributed by atoms with Crippen molar-refractivity contribution in [3.05, 3.63) is 53.3 Å². The van der Waals surface area contributed by atoms with Crippen molar-refractivity contribution in [3.8, 4) is 6.07 Å². The first-order chi connectivity index (χ1) is 14.0. The Labute approximate surface area is 171 Å². The summed E-state index contributed by atoms with van der Waals surface area (Å²) in [6.07, 6.45) is 0.580. The number of nitriles is 1. The van der Waals surface area contributed by atoms with Crippen LogP contribution in [0.15, 0.2) is 46.0 Å². The average molecular weight is 405 g/mol. The highest BCUT2D eigenvalue weighted by Gasteiger charge is 2.24. The maximum absolute atomic E-state index is 12.9. The minimum atomic E-state index is -0.418. The van der Waals surface area contributed by atoms with Crippen LogP contribution in [0.3, 0.4) is 0 Å². The van der Waals surface area contributed by atoms with Crippen LogP contribution < -0.4 is 5.32 Å². The SMILES string of the molecule is CCC(Sc1nnc2ccc3ccccc3n12)C(=O)Nc1oc(C)c(C)c1C#N. The molecule has 0 saturated heterocycles. The Morgan fingerprint density at radius 3 is 2.83 bits per heavy atom. The largest absolute Gasteiger partial charge is 0.444 e. The first-order valence-corrected chi connectivity index (χ1v) is 10.1. The van der Waals surface area contributed by atoms with Crippen LogP contribution in [0.1, 0.15) is 30.2 Å². The van der Waals surface area contributed by atoms with Crippen molar-refractivity contribution < 1.29 is 9.21 Å². The van der Waals surface area contributed by atoms with Crippen LogP contribution in [-0.4, -0.2) is 25.8 Å². The molecule has 0 fully saturated rings. The number of benzene rings is 1. The molecule has 4 aromatic rings. The number of carbonyl (C=O) groups excluding carboxylic acids is 1. The van der Waals surface area contributed by atoms with E-state index in [9.17, 15) is 10.1 Å². The molecular weight excluding hydrogens is 386 g/mol. The number of pyridine rings is 1. The summed E-state index contributed by atoms with van der Waals surface area (Å²) >= 11 is 1.34. The van der Waals surface area contributed by atoms with Crippen molar-refractivity contribution in [2.45, 2.75) is 37.6 Å². The molecule has 1 atom stereocenters. The van der Waals surface area contributed by atoms with Gasteiger partial charge in [-0.25, -0.2) is 0 Å². The lowest BCUT2D eigenvalue weighted by Gasteiger charge is -2.13. The number of hydrogen-bond acceptors (Lipinski definition) is 6. The zero-order chi connectivity index (χ0) is 20.5. The standard InChI is InChI=1S/C21H19N5O2S/c1-4-17(19(27)23-20-15(11-22)12(2)13(3)28-20)29-21-25-24-18-10-9-14-7-5-6-8-16(14)26(18)21/h5-10,17H,4H2,1-3H3,(H,23,27). The first kappa shape index (κ1) is 19.0. The van der Waals surface area contributed by atoms with Crippen molar-refractivity contribution in [1.82, 2.24) is 14.6 Å². The lowest BCUT2D eigenvalue weighted by Crippen LogP contribution is -2.25. The number of rotatable bonds is 5. The summed E-state index contributed by atoms with van der Waals surface area (Å²) in [5, 5.41) is 22.0. The van der Waals surface area contributed by atoms with Gasteiger partial charge in [-0.3, -0.25) is 14.5 Å². The van der Waals surface area contributed by atoms with Gasteiger partial charge in [0.25, 0.3) is 0 Å². The predicted molar refractivity (Wildman–Crippen MR) is 112 cm³/mol. The van der Waals surface area contributed by atoms with E-state index in [4.69, 9.17) is 4.42 Å². The highest BCUT2D eigenvalue weighted by molar-refractivity contribution is 8.00. The van der Waals surface area contributed by atoms with Gasteiger partial charge in [0.2, 0.25) is 11.8 Å². The molecule has 0 saturated carbocycles. The summed E-state index contributed by atoms with van der Waals surface area (Å²) in [7, 11) is 0. The van der Waals surface area contributed by atoms with Gasteiger partial charge in [-0.2, -0.15) is 5.26 Å². The molecule has 8 heteroatoms. The lowest BCUT2D eigenvalue weighted by atomic mass is 10.2. The summed E-state index contributed by atoms with van der Waals surface area (Å²) in [6.45, 7) is 5.50. The molecule has 0 bridgehead atoms. The number of nitrogens with one attached hydrogen (secondary N) is 1. The Hall–Kier alpha value is -3.31. The number of amides is 1. The van der Waals surface area contributed by atoms with Crippen LogP contribution in [-0.2, 0) is 4.79 Å². The number of nitrogens with zero attached hydrogens (tertiary/aromatic N) is 4. The van der Waals surface area contributed by atoms with Crippen molar-refractivity contribution in [2.75, 3.05) is 5.32 Å². The maximum Gasteiger partial charge on any atom is 0.240 e. The van der Waals surface area contributed by atoms with Gasteiger partial charge in [0.05, 0.1) is 10.8 Å². The molecule has 0 aliphatic carbocycles. The molecule has 1 aromatic carbocycles. The molecule has 29 heavy (non-hydrogen) atoms. The zero-order valence-corrected chi connectivity index (χ0v) is 17.1. The maximum atomic E-state index is 12.9. The highest BCUT2D eigenvalue weighted by atomic mass is 32.2. The molecule has 0 aliphatic rings. The van der Waals surface area contributed by atoms with Gasteiger partial charge >= 0.3 is 0 Å². The summed E-state index contributed by atoms with van der Waals surface area (Å²) in [5.41, 5.74) is 2.80. The van der Waals surface area contributed by atoms with Gasteiger partial charge in [0.15, 0.2) is 10.8 Å². The van der Waals surface area contributed by atoms with Crippen LogP contribution in [0, 0.1) is 25.2 Å². The summed E-state index contributed by atoms with van der Waals surface area (Å²) < 4.78 is 7.52. The molecular formula is C21H19N5O2S. The summed E-state index contributed by atoms with van der Waals surface area (Å²) in [4.78, 5) is 12.9. The average Bonchev–Trinajstić information content (AvgIpc) is 3.26. The van der Waals surface area contributed by atoms with Crippen LogP contribution in [0.4, 0.5) is 5.88 Å². The number of fused-ring (bicyclic) bond motifs is 3. The topological polar surface area (TPSA) is 96.2 Å². The molecule has 0 radical (unpaired) electrons. The van der Waals surface area contributed by atoms with Crippen molar-refractivity contribution in [3.63, 3.8) is 0 Å². The van der Waals surface area contributed by atoms with Gasteiger partial charge in [-0.15, -0.1) is 10.2 Å². The molecule has 3 aromatic heterocycles. The molecule has 0 aliphatic heterocycles. The number of para-hydroxylation sites is 1. The fraction of sp³-hybridized carbons (Fsp3) is 0.238. The normalized spacial score (nSPS) is 12.2. The van der Waals surface area contributed by atoms with E-state index in [1.807, 2.05) is 47.7 Å². The summed E-state index contributed by atoms with van der Waals surface area (Å²) in [6, 6.07) is 14.0. The monoisotopic (exact) mass is 405 g/mol. The Morgan fingerprint density at radius 2 is 2.07 bits per heavy atom. The predicted octanol–water partition coefficient (Wildman–Crippen LogP) is 4.47. The first-order valence-electron chi connectivity index (χ1n) is 9.24. The second-order valence-corrected chi connectivity index (χ2v) is 7.84. The molecule has 1 unspecified atom stereocenters. The van der Waals surface area contributed by atoms with Gasteiger partial charge in [0.1, 0.15) is 17.4 Å². The molecule has 146 valence electrons. The van der Waals surface area contributed by atoms with Crippen molar-refractivity contribution in [1.29, 1.82) is 5.26 Å². The van der Waals surface area contributed by atoms with Gasteiger partial charge in [-0.05, 0) is 43.9 Å². The quantitative estimate of drug-likeness (QED) is 0.492. The number of hydrogen-bond donors (Lipinski definition) is 1. The lowest BCUT2D eigenvalue weighted by molar-refractivity contribution is -0.115. The number of aryl methyl sites for hydroxylation is 1. The molecule has 7 nitrogen and oxygen atoms in total. The number of aromatic nitrogens is 3. The van der Waals surface area contributed by atoms with Crippen molar-refractivity contribution in [2.24, 2.45) is 0 Å². The van der Waals surface area contributed by atoms with Crippen LogP contribution in [0.5, 0.6) is 0 Å². The second-order valence-electron chi connectivity index (χ2n) is 6.67. The van der Waals surface area contributed by atoms with E-state index in [-0.39, 0.29) is 11.8 Å². The van der Waals surface area contributed by atoms with E-state index < -0.39 is 5.25 Å². The molecule has 0 spiro atoms. The van der Waals surface area contributed by atoms with E-state index in [1.54, 1.807) is 13.8 Å². The Morgan fingerprint density at radius 1 is 1.28 bits per heavy atom. The zero-order valence-electron chi connectivity index (χ0n) is 16.3. The van der Waals surface area contributed by atoms with E-state index in [0.29, 0.717) is 22.9 Å². The molecule has 4 rings (SSSR count). The van der Waals surface area contributed by atoms with Crippen LogP contribution in [0.2, 0.25) is 0 Å². The Kier molecular flexibility index (Phi) is 4.99. The third kappa shape index (κ3) is 3.34. The minimum absolute atomic E-state index is 0.197. The highest BCUT2D eigenvalue weighted by Crippen LogP contribution is 2.30. The molecule has 1 N–H and O–H groups in total. The number of thioether (sulfide) groups is 1. The molecule has 1 amide bonds. The number of furan rings is 1. The smallest absolute Gasteiger partial charge is 0.240 e. The van der Waals surface area contributed by atoms with Crippen LogP contribution >= 0.6 is 11.8 Å². The Balaban J connectivity index is 1.65.